The van der Waals surface area contributed by atoms with Gasteiger partial charge in [-0.1, -0.05) is 0 Å². The second-order valence-electron chi connectivity index (χ2n) is 3.82. The molecule has 5 nitrogen and oxygen atoms in total. The third-order valence-electron chi connectivity index (χ3n) is 2.32. The number of aromatic nitrogens is 2. The number of carbonyl (C=O) groups excluding carboxylic acids is 1. The molecule has 0 atom stereocenters. The fraction of sp³-hybridized carbons (Fsp3) is 0.200. The normalized spacial score (nSPS) is 11.8. The van der Waals surface area contributed by atoms with Gasteiger partial charge in [0.1, 0.15) is 0 Å². The Kier molecular flexibility index (Phi) is 2.74. The van der Waals surface area contributed by atoms with Gasteiger partial charge in [0.15, 0.2) is 5.04 Å². The van der Waals surface area contributed by atoms with Gasteiger partial charge in [-0.05, 0) is 6.07 Å². The van der Waals surface area contributed by atoms with Crippen molar-refractivity contribution in [1.82, 2.24) is 20.2 Å². The van der Waals surface area contributed by atoms with Gasteiger partial charge in [0.25, 0.3) is 11.6 Å². The van der Waals surface area contributed by atoms with E-state index in [1.165, 1.54) is 22.4 Å². The van der Waals surface area contributed by atoms with Crippen LogP contribution in [0.15, 0.2) is 18.3 Å². The van der Waals surface area contributed by atoms with Gasteiger partial charge in [-0.25, -0.2) is 0 Å². The smallest absolute Gasteiger partial charge is 0.274 e. The van der Waals surface area contributed by atoms with Crippen molar-refractivity contribution in [3.8, 4) is 0 Å². The molecule has 1 N–H and O–H groups in total. The van der Waals surface area contributed by atoms with Crippen molar-refractivity contribution >= 4 is 22.5 Å². The summed E-state index contributed by atoms with van der Waals surface area (Å²) in [6.45, 7) is 0.923. The number of aryl methyl sites for hydroxylation is 1. The lowest BCUT2D eigenvalue weighted by atomic mass is 10.2. The van der Waals surface area contributed by atoms with Crippen molar-refractivity contribution in [3.63, 3.8) is 0 Å². The number of quaternary nitrogens is 1. The highest BCUT2D eigenvalue weighted by atomic mass is 19.4. The van der Waals surface area contributed by atoms with E-state index in [0.29, 0.717) is 0 Å². The zero-order valence-corrected chi connectivity index (χ0v) is 9.62. The standard InChI is InChI=1S/C10H9F3N4O/c1-6(18)15-17(12,13)9-4-3-8-7(10(9)11)5-16(2)14-8/h3-5H,1-2H3/p+1. The number of nitrogens with zero attached hydrogens (tertiary/aromatic N) is 3. The van der Waals surface area contributed by atoms with Crippen LogP contribution in [0.25, 0.3) is 10.9 Å². The molecule has 1 aromatic heterocycles. The summed E-state index contributed by atoms with van der Waals surface area (Å²) in [5, 5.41) is 0.816. The number of fused-ring (bicyclic) bond motifs is 1. The number of hydrogen-bond donors (Lipinski definition) is 1. The van der Waals surface area contributed by atoms with Gasteiger partial charge in [-0.3, -0.25) is 9.48 Å². The molecule has 2 rings (SSSR count). The van der Waals surface area contributed by atoms with Crippen LogP contribution >= 0.6 is 0 Å². The molecule has 0 aliphatic heterocycles. The van der Waals surface area contributed by atoms with Crippen LogP contribution in [0.2, 0.25) is 0 Å². The molecule has 0 aliphatic carbocycles. The maximum atomic E-state index is 13.9. The van der Waals surface area contributed by atoms with Gasteiger partial charge in [-0.2, -0.15) is 9.49 Å². The van der Waals surface area contributed by atoms with Crippen molar-refractivity contribution < 1.29 is 18.1 Å². The lowest BCUT2D eigenvalue weighted by Gasteiger charge is -2.12. The highest BCUT2D eigenvalue weighted by molar-refractivity contribution is 5.83. The summed E-state index contributed by atoms with van der Waals surface area (Å²) in [7, 11) is 1.56. The summed E-state index contributed by atoms with van der Waals surface area (Å²) >= 11 is 0. The molecular formula is C10H10F3N4O+. The van der Waals surface area contributed by atoms with E-state index < -0.39 is 22.4 Å². The first-order valence-electron chi connectivity index (χ1n) is 5.01. The predicted octanol–water partition coefficient (Wildman–Crippen LogP) is 1.84. The quantitative estimate of drug-likeness (QED) is 0.660. The van der Waals surface area contributed by atoms with Crippen LogP contribution < -0.4 is 10.5 Å². The molecule has 0 aliphatic rings. The van der Waals surface area contributed by atoms with Gasteiger partial charge >= 0.3 is 0 Å². The first-order valence-corrected chi connectivity index (χ1v) is 5.01. The molecule has 1 amide bonds. The Labute approximate surface area is 99.8 Å². The Bertz CT molecular complexity index is 623. The lowest BCUT2D eigenvalue weighted by Crippen LogP contribution is -2.48. The summed E-state index contributed by atoms with van der Waals surface area (Å²) in [5.41, 5.74) is 0.672. The van der Waals surface area contributed by atoms with Crippen molar-refractivity contribution in [2.75, 3.05) is 0 Å². The van der Waals surface area contributed by atoms with Gasteiger partial charge < -0.3 is 0 Å². The minimum atomic E-state index is -3.05. The van der Waals surface area contributed by atoms with Gasteiger partial charge in [-0.15, -0.1) is 5.43 Å². The largest absolute Gasteiger partial charge is 0.278 e. The molecule has 96 valence electrons. The Balaban J connectivity index is 2.57. The van der Waals surface area contributed by atoms with E-state index >= 15 is 0 Å². The van der Waals surface area contributed by atoms with Crippen LogP contribution in [-0.4, -0.2) is 15.7 Å². The maximum absolute atomic E-state index is 13.9. The van der Waals surface area contributed by atoms with Crippen LogP contribution in [0, 0.1) is 5.82 Å². The number of nitrogens with one attached hydrogen (secondary N) is 1. The highest BCUT2D eigenvalue weighted by Gasteiger charge is 2.40. The molecule has 1 aromatic carbocycles. The number of hydrogen-bond acceptors (Lipinski definition) is 2. The van der Waals surface area contributed by atoms with E-state index in [2.05, 4.69) is 5.10 Å². The average Bonchev–Trinajstić information content (AvgIpc) is 2.57. The molecule has 0 saturated heterocycles. The topological polar surface area (TPSA) is 46.9 Å². The second kappa shape index (κ2) is 3.98. The van der Waals surface area contributed by atoms with Crippen molar-refractivity contribution in [2.45, 2.75) is 6.92 Å². The monoisotopic (exact) mass is 259 g/mol. The first kappa shape index (κ1) is 12.4. The molecule has 0 bridgehead atoms. The first-order chi connectivity index (χ1) is 8.31. The molecule has 18 heavy (non-hydrogen) atoms. The third-order valence-corrected chi connectivity index (χ3v) is 2.32. The minimum absolute atomic E-state index is 0.0295. The predicted molar refractivity (Wildman–Crippen MR) is 58.5 cm³/mol. The third kappa shape index (κ3) is 2.02. The van der Waals surface area contributed by atoms with Crippen LogP contribution in [0.5, 0.6) is 0 Å². The van der Waals surface area contributed by atoms with Crippen LogP contribution in [0.1, 0.15) is 6.92 Å². The van der Waals surface area contributed by atoms with Crippen LogP contribution in [0.4, 0.5) is 19.0 Å². The maximum Gasteiger partial charge on any atom is 0.278 e. The van der Waals surface area contributed by atoms with Gasteiger partial charge in [0, 0.05) is 26.2 Å². The molecule has 8 heteroatoms. The average molecular weight is 259 g/mol. The van der Waals surface area contributed by atoms with Crippen molar-refractivity contribution in [3.05, 3.63) is 24.1 Å². The SMILES string of the molecule is CC(=O)N[N+](F)(F)c1ccc2nn(C)cc2c1F. The molecule has 2 aromatic rings. The summed E-state index contributed by atoms with van der Waals surface area (Å²) in [6.07, 6.45) is 1.29. The summed E-state index contributed by atoms with van der Waals surface area (Å²) < 4.78 is 42.3. The summed E-state index contributed by atoms with van der Waals surface area (Å²) in [6, 6.07) is 2.16. The minimum Gasteiger partial charge on any atom is -0.274 e. The number of amides is 1. The zero-order chi connectivity index (χ0) is 13.5. The van der Waals surface area contributed by atoms with Gasteiger partial charge in [0.05, 0.1) is 19.9 Å². The fourth-order valence-corrected chi connectivity index (χ4v) is 1.64. The summed E-state index contributed by atoms with van der Waals surface area (Å²) in [4.78, 5) is 10.7. The van der Waals surface area contributed by atoms with E-state index in [4.69, 9.17) is 0 Å². The van der Waals surface area contributed by atoms with Crippen LogP contribution in [0.3, 0.4) is 0 Å². The fourth-order valence-electron chi connectivity index (χ4n) is 1.64. The molecule has 0 fully saturated rings. The number of rotatable bonds is 2. The van der Waals surface area contributed by atoms with Crippen molar-refractivity contribution in [1.29, 1.82) is 0 Å². The van der Waals surface area contributed by atoms with E-state index in [-0.39, 0.29) is 10.9 Å². The lowest BCUT2D eigenvalue weighted by molar-refractivity contribution is -0.190. The highest BCUT2D eigenvalue weighted by Crippen LogP contribution is 2.31. The molecule has 0 unspecified atom stereocenters. The number of halogens is 3. The second-order valence-corrected chi connectivity index (χ2v) is 3.82. The van der Waals surface area contributed by atoms with Crippen LogP contribution in [-0.2, 0) is 11.8 Å². The Morgan fingerprint density at radius 2 is 2.11 bits per heavy atom. The van der Waals surface area contributed by atoms with E-state index in [1.54, 1.807) is 7.05 Å². The molecule has 0 radical (unpaired) electrons. The van der Waals surface area contributed by atoms with Gasteiger partial charge in [0.2, 0.25) is 5.82 Å². The Morgan fingerprint density at radius 3 is 2.72 bits per heavy atom. The molecule has 0 saturated carbocycles. The zero-order valence-electron chi connectivity index (χ0n) is 9.62. The van der Waals surface area contributed by atoms with Crippen molar-refractivity contribution in [2.24, 2.45) is 7.05 Å². The Morgan fingerprint density at radius 1 is 1.44 bits per heavy atom. The summed E-state index contributed by atoms with van der Waals surface area (Å²) in [5.74, 6) is -2.08. The molecule has 1 heterocycles. The van der Waals surface area contributed by atoms with E-state index in [0.717, 1.165) is 13.0 Å². The number of benzene rings is 1. The Hall–Kier alpha value is -2.09. The molecule has 0 spiro atoms. The number of carbonyl (C=O) groups is 1. The van der Waals surface area contributed by atoms with E-state index in [1.807, 2.05) is 0 Å². The van der Waals surface area contributed by atoms with E-state index in [9.17, 15) is 18.1 Å². The molecular weight excluding hydrogens is 249 g/mol.